The summed E-state index contributed by atoms with van der Waals surface area (Å²) in [6.45, 7) is 7.50. The molecule has 2 unspecified atom stereocenters. The summed E-state index contributed by atoms with van der Waals surface area (Å²) in [5, 5.41) is 0.603. The Labute approximate surface area is 194 Å². The van der Waals surface area contributed by atoms with Crippen LogP contribution in [0.3, 0.4) is 0 Å². The average molecular weight is 456 g/mol. The number of amides is 1. The molecule has 2 aromatic carbocycles. The highest BCUT2D eigenvalue weighted by Crippen LogP contribution is 2.52. The molecule has 0 spiro atoms. The van der Waals surface area contributed by atoms with Gasteiger partial charge in [-0.1, -0.05) is 62.7 Å². The van der Waals surface area contributed by atoms with Crippen molar-refractivity contribution in [2.75, 3.05) is 13.2 Å². The summed E-state index contributed by atoms with van der Waals surface area (Å²) in [5.74, 6) is -0.294. The smallest absolute Gasteiger partial charge is 0.342 e. The number of hydrogen-bond donors (Lipinski definition) is 0. The van der Waals surface area contributed by atoms with E-state index in [-0.39, 0.29) is 36.0 Å². The van der Waals surface area contributed by atoms with Gasteiger partial charge in [0.25, 0.3) is 5.91 Å². The molecule has 1 aliphatic carbocycles. The van der Waals surface area contributed by atoms with Crippen LogP contribution < -0.4 is 4.74 Å². The van der Waals surface area contributed by atoms with Crippen LogP contribution in [-0.2, 0) is 16.1 Å². The number of ether oxygens (including phenoxy) is 2. The van der Waals surface area contributed by atoms with Crippen molar-refractivity contribution in [2.24, 2.45) is 10.8 Å². The number of halogens is 1. The van der Waals surface area contributed by atoms with Gasteiger partial charge in [0, 0.05) is 23.2 Å². The standard InChI is InChI=1S/C26H30ClNO4/c1-25(2)12-19-13-26(3,16-25)17-28(19)23(29)15-32-24(30)20-9-5-7-11-22(20)31-14-18-8-4-6-10-21(18)27/h4-11,19H,12-17H2,1-3H3. The molecule has 2 fully saturated rings. The number of fused-ring (bicyclic) bond motifs is 2. The largest absolute Gasteiger partial charge is 0.488 e. The number of carbonyl (C=O) groups excluding carboxylic acids is 2. The number of esters is 1. The van der Waals surface area contributed by atoms with Gasteiger partial charge in [0.05, 0.1) is 0 Å². The molecule has 0 aromatic heterocycles. The Balaban J connectivity index is 1.38. The minimum Gasteiger partial charge on any atom is -0.488 e. The van der Waals surface area contributed by atoms with Crippen LogP contribution >= 0.6 is 11.6 Å². The van der Waals surface area contributed by atoms with E-state index in [0.717, 1.165) is 31.4 Å². The lowest BCUT2D eigenvalue weighted by Crippen LogP contribution is -2.39. The number of likely N-dealkylation sites (tertiary alicyclic amines) is 1. The van der Waals surface area contributed by atoms with Crippen molar-refractivity contribution in [3.8, 4) is 5.75 Å². The minimum atomic E-state index is -0.568. The van der Waals surface area contributed by atoms with Gasteiger partial charge >= 0.3 is 5.97 Å². The van der Waals surface area contributed by atoms with Gasteiger partial charge in [0.15, 0.2) is 6.61 Å². The maximum Gasteiger partial charge on any atom is 0.342 e. The van der Waals surface area contributed by atoms with E-state index in [9.17, 15) is 9.59 Å². The van der Waals surface area contributed by atoms with Crippen molar-refractivity contribution in [1.82, 2.24) is 4.90 Å². The maximum atomic E-state index is 12.9. The number of benzene rings is 2. The zero-order valence-electron chi connectivity index (χ0n) is 18.9. The van der Waals surface area contributed by atoms with E-state index in [2.05, 4.69) is 20.8 Å². The lowest BCUT2D eigenvalue weighted by molar-refractivity contribution is -0.135. The minimum absolute atomic E-state index is 0.126. The zero-order valence-corrected chi connectivity index (χ0v) is 19.7. The third-order valence-electron chi connectivity index (χ3n) is 6.51. The SMILES string of the molecule is CC1(C)CC2CC(C)(CN2C(=O)COC(=O)c2ccccc2OCc2ccccc2Cl)C1. The molecule has 6 heteroatoms. The first-order chi connectivity index (χ1) is 15.2. The fourth-order valence-corrected chi connectivity index (χ4v) is 5.76. The van der Waals surface area contributed by atoms with Crippen LogP contribution in [0, 0.1) is 10.8 Å². The Bertz CT molecular complexity index is 1020. The van der Waals surface area contributed by atoms with E-state index in [0.29, 0.717) is 16.3 Å². The molecule has 4 rings (SSSR count). The fraction of sp³-hybridized carbons (Fsp3) is 0.462. The van der Waals surface area contributed by atoms with Crippen molar-refractivity contribution in [1.29, 1.82) is 0 Å². The molecule has 170 valence electrons. The van der Waals surface area contributed by atoms with Crippen LogP contribution in [0.15, 0.2) is 48.5 Å². The van der Waals surface area contributed by atoms with Crippen LogP contribution in [-0.4, -0.2) is 36.0 Å². The van der Waals surface area contributed by atoms with Crippen molar-refractivity contribution < 1.29 is 19.1 Å². The van der Waals surface area contributed by atoms with E-state index < -0.39 is 5.97 Å². The Kier molecular flexibility index (Phi) is 6.22. The Hall–Kier alpha value is -2.53. The molecule has 5 nitrogen and oxygen atoms in total. The number of para-hydroxylation sites is 1. The molecule has 2 aromatic rings. The Morgan fingerprint density at radius 3 is 2.56 bits per heavy atom. The molecule has 1 saturated heterocycles. The van der Waals surface area contributed by atoms with Gasteiger partial charge < -0.3 is 14.4 Å². The quantitative estimate of drug-likeness (QED) is 0.539. The summed E-state index contributed by atoms with van der Waals surface area (Å²) in [7, 11) is 0. The van der Waals surface area contributed by atoms with Crippen molar-refractivity contribution in [2.45, 2.75) is 52.7 Å². The topological polar surface area (TPSA) is 55.8 Å². The van der Waals surface area contributed by atoms with Crippen molar-refractivity contribution >= 4 is 23.5 Å². The number of rotatable bonds is 6. The summed E-state index contributed by atoms with van der Waals surface area (Å²) in [5.41, 5.74) is 1.48. The summed E-state index contributed by atoms with van der Waals surface area (Å²) < 4.78 is 11.3. The second-order valence-electron chi connectivity index (χ2n) is 10.2. The van der Waals surface area contributed by atoms with E-state index in [1.54, 1.807) is 30.3 Å². The molecule has 2 atom stereocenters. The molecular formula is C26H30ClNO4. The van der Waals surface area contributed by atoms with Gasteiger partial charge in [0.1, 0.15) is 17.9 Å². The normalized spacial score (nSPS) is 23.6. The van der Waals surface area contributed by atoms with E-state index >= 15 is 0 Å². The Morgan fingerprint density at radius 1 is 1.06 bits per heavy atom. The van der Waals surface area contributed by atoms with Crippen molar-refractivity contribution in [3.05, 3.63) is 64.7 Å². The third-order valence-corrected chi connectivity index (χ3v) is 6.88. The van der Waals surface area contributed by atoms with Crippen molar-refractivity contribution in [3.63, 3.8) is 0 Å². The van der Waals surface area contributed by atoms with Crippen LogP contribution in [0.5, 0.6) is 5.75 Å². The van der Waals surface area contributed by atoms with E-state index in [1.165, 1.54) is 0 Å². The molecule has 32 heavy (non-hydrogen) atoms. The van der Waals surface area contributed by atoms with Crippen LogP contribution in [0.4, 0.5) is 0 Å². The van der Waals surface area contributed by atoms with Crippen LogP contribution in [0.2, 0.25) is 5.02 Å². The number of nitrogens with zero attached hydrogens (tertiary/aromatic N) is 1. The van der Waals surface area contributed by atoms with Gasteiger partial charge in [-0.3, -0.25) is 4.79 Å². The van der Waals surface area contributed by atoms with Gasteiger partial charge in [-0.05, 0) is 48.3 Å². The monoisotopic (exact) mass is 455 g/mol. The summed E-state index contributed by atoms with van der Waals surface area (Å²) in [6.07, 6.45) is 3.12. The molecule has 1 aliphatic heterocycles. The highest BCUT2D eigenvalue weighted by atomic mass is 35.5. The molecular weight excluding hydrogens is 426 g/mol. The number of carbonyl (C=O) groups is 2. The second kappa shape index (κ2) is 8.78. The maximum absolute atomic E-state index is 12.9. The predicted octanol–water partition coefficient (Wildman–Crippen LogP) is 5.50. The van der Waals surface area contributed by atoms with Gasteiger partial charge in [0.2, 0.25) is 0 Å². The second-order valence-corrected chi connectivity index (χ2v) is 10.6. The first-order valence-corrected chi connectivity index (χ1v) is 11.5. The summed E-state index contributed by atoms with van der Waals surface area (Å²) >= 11 is 6.19. The summed E-state index contributed by atoms with van der Waals surface area (Å²) in [4.78, 5) is 27.6. The Morgan fingerprint density at radius 2 is 1.78 bits per heavy atom. The highest BCUT2D eigenvalue weighted by molar-refractivity contribution is 6.31. The zero-order chi connectivity index (χ0) is 22.9. The van der Waals surface area contributed by atoms with E-state index in [1.807, 2.05) is 23.1 Å². The third kappa shape index (κ3) is 4.93. The molecule has 1 saturated carbocycles. The molecule has 1 amide bonds. The van der Waals surface area contributed by atoms with Gasteiger partial charge in [-0.25, -0.2) is 4.79 Å². The van der Waals surface area contributed by atoms with Crippen LogP contribution in [0.25, 0.3) is 0 Å². The molecule has 2 aliphatic rings. The molecule has 2 bridgehead atoms. The molecule has 0 radical (unpaired) electrons. The lowest BCUT2D eigenvalue weighted by atomic mass is 9.65. The fourth-order valence-electron chi connectivity index (χ4n) is 5.57. The number of hydrogen-bond acceptors (Lipinski definition) is 4. The van der Waals surface area contributed by atoms with Gasteiger partial charge in [-0.15, -0.1) is 0 Å². The molecule has 1 heterocycles. The first kappa shape index (κ1) is 22.7. The lowest BCUT2D eigenvalue weighted by Gasteiger charge is -2.39. The average Bonchev–Trinajstić information content (AvgIpc) is 3.00. The first-order valence-electron chi connectivity index (χ1n) is 11.1. The van der Waals surface area contributed by atoms with E-state index in [4.69, 9.17) is 21.1 Å². The predicted molar refractivity (Wildman–Crippen MR) is 124 cm³/mol. The van der Waals surface area contributed by atoms with Crippen LogP contribution in [0.1, 0.15) is 56.0 Å². The summed E-state index contributed by atoms with van der Waals surface area (Å²) in [6, 6.07) is 14.5. The molecule has 0 N–H and O–H groups in total. The highest BCUT2D eigenvalue weighted by Gasteiger charge is 2.50. The van der Waals surface area contributed by atoms with Gasteiger partial charge in [-0.2, -0.15) is 0 Å².